The highest BCUT2D eigenvalue weighted by Gasteiger charge is 2.48. The third kappa shape index (κ3) is 2.70. The molecule has 2 unspecified atom stereocenters. The SMILES string of the molecule is CCNC1CC(OCc2ccccc2)C1(C)C. The van der Waals surface area contributed by atoms with Crippen LogP contribution >= 0.6 is 0 Å². The summed E-state index contributed by atoms with van der Waals surface area (Å²) >= 11 is 0. The average Bonchev–Trinajstić information content (AvgIpc) is 2.34. The summed E-state index contributed by atoms with van der Waals surface area (Å²) in [5.41, 5.74) is 1.51. The zero-order chi connectivity index (χ0) is 12.3. The molecule has 0 amide bonds. The molecule has 0 spiro atoms. The van der Waals surface area contributed by atoms with E-state index in [1.165, 1.54) is 5.56 Å². The molecule has 2 heteroatoms. The van der Waals surface area contributed by atoms with E-state index >= 15 is 0 Å². The fourth-order valence-corrected chi connectivity index (χ4v) is 2.53. The molecule has 94 valence electrons. The highest BCUT2D eigenvalue weighted by molar-refractivity contribution is 5.14. The van der Waals surface area contributed by atoms with Crippen LogP contribution in [0.1, 0.15) is 32.8 Å². The Hall–Kier alpha value is -0.860. The molecule has 0 aliphatic heterocycles. The smallest absolute Gasteiger partial charge is 0.0720 e. The van der Waals surface area contributed by atoms with E-state index in [9.17, 15) is 0 Å². The van der Waals surface area contributed by atoms with Gasteiger partial charge in [0, 0.05) is 11.5 Å². The Balaban J connectivity index is 1.82. The lowest BCUT2D eigenvalue weighted by Crippen LogP contribution is -2.60. The predicted molar refractivity (Wildman–Crippen MR) is 70.9 cm³/mol. The average molecular weight is 233 g/mol. The summed E-state index contributed by atoms with van der Waals surface area (Å²) in [5.74, 6) is 0. The molecule has 1 aliphatic rings. The summed E-state index contributed by atoms with van der Waals surface area (Å²) in [6, 6.07) is 11.0. The standard InChI is InChI=1S/C15H23NO/c1-4-16-13-10-14(15(13,2)3)17-11-12-8-6-5-7-9-12/h5-9,13-14,16H,4,10-11H2,1-3H3. The van der Waals surface area contributed by atoms with Gasteiger partial charge in [0.2, 0.25) is 0 Å². The predicted octanol–water partition coefficient (Wildman–Crippen LogP) is 2.98. The first-order chi connectivity index (χ1) is 8.14. The molecule has 2 rings (SSSR count). The van der Waals surface area contributed by atoms with Crippen LogP contribution in [0.15, 0.2) is 30.3 Å². The van der Waals surface area contributed by atoms with E-state index in [1.54, 1.807) is 0 Å². The van der Waals surface area contributed by atoms with Gasteiger partial charge in [0.15, 0.2) is 0 Å². The van der Waals surface area contributed by atoms with Gasteiger partial charge >= 0.3 is 0 Å². The van der Waals surface area contributed by atoms with Crippen molar-refractivity contribution in [3.8, 4) is 0 Å². The minimum Gasteiger partial charge on any atom is -0.373 e. The van der Waals surface area contributed by atoms with Crippen molar-refractivity contribution in [2.24, 2.45) is 5.41 Å². The summed E-state index contributed by atoms with van der Waals surface area (Å²) < 4.78 is 6.02. The molecule has 2 atom stereocenters. The van der Waals surface area contributed by atoms with Gasteiger partial charge in [-0.1, -0.05) is 51.1 Å². The molecule has 0 heterocycles. The molecule has 1 saturated carbocycles. The van der Waals surface area contributed by atoms with Crippen LogP contribution in [0.25, 0.3) is 0 Å². The zero-order valence-electron chi connectivity index (χ0n) is 11.1. The van der Waals surface area contributed by atoms with Crippen molar-refractivity contribution in [2.75, 3.05) is 6.54 Å². The van der Waals surface area contributed by atoms with Crippen LogP contribution in [-0.4, -0.2) is 18.7 Å². The number of hydrogen-bond acceptors (Lipinski definition) is 2. The van der Waals surface area contributed by atoms with Gasteiger partial charge in [0.1, 0.15) is 0 Å². The summed E-state index contributed by atoms with van der Waals surface area (Å²) in [7, 11) is 0. The Morgan fingerprint density at radius 3 is 2.59 bits per heavy atom. The van der Waals surface area contributed by atoms with Crippen LogP contribution in [0, 0.1) is 5.41 Å². The lowest BCUT2D eigenvalue weighted by atomic mass is 9.64. The van der Waals surface area contributed by atoms with Crippen molar-refractivity contribution >= 4 is 0 Å². The second-order valence-corrected chi connectivity index (χ2v) is 5.45. The molecule has 1 N–H and O–H groups in total. The molecular formula is C15H23NO. The van der Waals surface area contributed by atoms with Crippen LogP contribution in [-0.2, 0) is 11.3 Å². The van der Waals surface area contributed by atoms with Gasteiger partial charge in [-0.15, -0.1) is 0 Å². The molecule has 1 aromatic carbocycles. The van der Waals surface area contributed by atoms with E-state index in [0.717, 1.165) is 19.6 Å². The Morgan fingerprint density at radius 1 is 1.29 bits per heavy atom. The lowest BCUT2D eigenvalue weighted by molar-refractivity contribution is -0.124. The van der Waals surface area contributed by atoms with E-state index in [4.69, 9.17) is 4.74 Å². The second kappa shape index (κ2) is 5.19. The van der Waals surface area contributed by atoms with Crippen LogP contribution in [0.3, 0.4) is 0 Å². The van der Waals surface area contributed by atoms with Gasteiger partial charge in [-0.05, 0) is 18.5 Å². The van der Waals surface area contributed by atoms with E-state index in [0.29, 0.717) is 12.1 Å². The molecule has 1 aromatic rings. The summed E-state index contributed by atoms with van der Waals surface area (Å²) in [4.78, 5) is 0. The highest BCUT2D eigenvalue weighted by atomic mass is 16.5. The monoisotopic (exact) mass is 233 g/mol. The van der Waals surface area contributed by atoms with Gasteiger partial charge in [0.05, 0.1) is 12.7 Å². The minimum atomic E-state index is 0.255. The van der Waals surface area contributed by atoms with E-state index in [1.807, 2.05) is 6.07 Å². The van der Waals surface area contributed by atoms with Crippen LogP contribution in [0.4, 0.5) is 0 Å². The van der Waals surface area contributed by atoms with E-state index < -0.39 is 0 Å². The maximum absolute atomic E-state index is 6.02. The van der Waals surface area contributed by atoms with Crippen molar-refractivity contribution in [3.63, 3.8) is 0 Å². The number of hydrogen-bond donors (Lipinski definition) is 1. The number of nitrogens with one attached hydrogen (secondary N) is 1. The molecule has 0 radical (unpaired) electrons. The maximum Gasteiger partial charge on any atom is 0.0720 e. The maximum atomic E-state index is 6.02. The molecule has 17 heavy (non-hydrogen) atoms. The minimum absolute atomic E-state index is 0.255. The summed E-state index contributed by atoms with van der Waals surface area (Å²) in [6.07, 6.45) is 1.51. The van der Waals surface area contributed by atoms with Crippen molar-refractivity contribution in [3.05, 3.63) is 35.9 Å². The lowest BCUT2D eigenvalue weighted by Gasteiger charge is -2.52. The van der Waals surface area contributed by atoms with Crippen LogP contribution in [0.5, 0.6) is 0 Å². The number of ether oxygens (including phenoxy) is 1. The van der Waals surface area contributed by atoms with E-state index in [-0.39, 0.29) is 5.41 Å². The largest absolute Gasteiger partial charge is 0.373 e. The number of benzene rings is 1. The Labute approximate surface area is 104 Å². The first kappa shape index (κ1) is 12.6. The summed E-state index contributed by atoms with van der Waals surface area (Å²) in [5, 5.41) is 3.52. The van der Waals surface area contributed by atoms with Gasteiger partial charge in [-0.25, -0.2) is 0 Å². The molecule has 0 bridgehead atoms. The van der Waals surface area contributed by atoms with Crippen molar-refractivity contribution < 1.29 is 4.74 Å². The van der Waals surface area contributed by atoms with Gasteiger partial charge in [-0.2, -0.15) is 0 Å². The van der Waals surface area contributed by atoms with Gasteiger partial charge in [0.25, 0.3) is 0 Å². The normalized spacial score (nSPS) is 26.5. The third-order valence-electron chi connectivity index (χ3n) is 3.92. The quantitative estimate of drug-likeness (QED) is 0.844. The Kier molecular flexibility index (Phi) is 3.85. The zero-order valence-corrected chi connectivity index (χ0v) is 11.1. The summed E-state index contributed by atoms with van der Waals surface area (Å²) in [6.45, 7) is 8.51. The van der Waals surface area contributed by atoms with Crippen LogP contribution < -0.4 is 5.32 Å². The number of rotatable bonds is 5. The Morgan fingerprint density at radius 2 is 2.00 bits per heavy atom. The fourth-order valence-electron chi connectivity index (χ4n) is 2.53. The van der Waals surface area contributed by atoms with Gasteiger partial charge in [-0.3, -0.25) is 0 Å². The molecule has 1 fully saturated rings. The van der Waals surface area contributed by atoms with Crippen molar-refractivity contribution in [1.82, 2.24) is 5.32 Å². The molecule has 2 nitrogen and oxygen atoms in total. The second-order valence-electron chi connectivity index (χ2n) is 5.45. The molecule has 1 aliphatic carbocycles. The fraction of sp³-hybridized carbons (Fsp3) is 0.600. The van der Waals surface area contributed by atoms with Crippen molar-refractivity contribution in [2.45, 2.75) is 45.9 Å². The topological polar surface area (TPSA) is 21.3 Å². The first-order valence-corrected chi connectivity index (χ1v) is 6.53. The molecule has 0 aromatic heterocycles. The first-order valence-electron chi connectivity index (χ1n) is 6.53. The van der Waals surface area contributed by atoms with Crippen molar-refractivity contribution in [1.29, 1.82) is 0 Å². The van der Waals surface area contributed by atoms with Crippen LogP contribution in [0.2, 0.25) is 0 Å². The Bertz CT molecular complexity index is 347. The highest BCUT2D eigenvalue weighted by Crippen LogP contribution is 2.43. The third-order valence-corrected chi connectivity index (χ3v) is 3.92. The molecule has 0 saturated heterocycles. The van der Waals surface area contributed by atoms with Gasteiger partial charge < -0.3 is 10.1 Å². The van der Waals surface area contributed by atoms with E-state index in [2.05, 4.69) is 50.4 Å². The molecular weight excluding hydrogens is 210 g/mol.